The molecule has 1 aliphatic rings. The van der Waals surface area contributed by atoms with Gasteiger partial charge in [-0.2, -0.15) is 0 Å². The Bertz CT molecular complexity index is 459. The zero-order valence-electron chi connectivity index (χ0n) is 12.4. The number of carbonyl (C=O) groups is 1. The lowest BCUT2D eigenvalue weighted by molar-refractivity contribution is 0.0786. The van der Waals surface area contributed by atoms with E-state index in [4.69, 9.17) is 0 Å². The van der Waals surface area contributed by atoms with Crippen LogP contribution in [0.2, 0.25) is 0 Å². The number of hydrogen-bond donors (Lipinski definition) is 1. The predicted molar refractivity (Wildman–Crippen MR) is 78.6 cm³/mol. The largest absolute Gasteiger partial charge is 0.338 e. The lowest BCUT2D eigenvalue weighted by atomic mass is 9.99. The molecule has 1 amide bonds. The van der Waals surface area contributed by atoms with Crippen molar-refractivity contribution in [3.8, 4) is 0 Å². The fourth-order valence-corrected chi connectivity index (χ4v) is 3.15. The number of benzene rings is 1. The van der Waals surface area contributed by atoms with Crippen molar-refractivity contribution in [3.63, 3.8) is 0 Å². The van der Waals surface area contributed by atoms with Crippen LogP contribution in [0.3, 0.4) is 0 Å². The molecule has 1 aromatic carbocycles. The zero-order chi connectivity index (χ0) is 14.0. The third kappa shape index (κ3) is 2.98. The number of rotatable bonds is 3. The van der Waals surface area contributed by atoms with E-state index in [1.807, 2.05) is 25.8 Å². The molecule has 1 aliphatic heterocycles. The highest BCUT2D eigenvalue weighted by Crippen LogP contribution is 2.22. The van der Waals surface area contributed by atoms with Gasteiger partial charge in [0.1, 0.15) is 0 Å². The smallest absolute Gasteiger partial charge is 0.254 e. The molecule has 1 fully saturated rings. The monoisotopic (exact) mass is 260 g/mol. The SMILES string of the molecule is CNCC1CCN(C(=O)c2c(C)cc(C)cc2C)C1. The summed E-state index contributed by atoms with van der Waals surface area (Å²) in [6.07, 6.45) is 1.11. The minimum atomic E-state index is 0.202. The van der Waals surface area contributed by atoms with Crippen LogP contribution in [0.5, 0.6) is 0 Å². The van der Waals surface area contributed by atoms with Crippen LogP contribution in [0, 0.1) is 26.7 Å². The van der Waals surface area contributed by atoms with Crippen LogP contribution in [-0.4, -0.2) is 37.5 Å². The molecule has 2 rings (SSSR count). The highest BCUT2D eigenvalue weighted by atomic mass is 16.2. The molecule has 0 saturated carbocycles. The van der Waals surface area contributed by atoms with Gasteiger partial charge in [0.2, 0.25) is 0 Å². The average Bonchev–Trinajstić information content (AvgIpc) is 2.76. The van der Waals surface area contributed by atoms with E-state index >= 15 is 0 Å². The molecule has 0 aliphatic carbocycles. The molecule has 3 heteroatoms. The highest BCUT2D eigenvalue weighted by Gasteiger charge is 2.27. The van der Waals surface area contributed by atoms with E-state index in [2.05, 4.69) is 24.4 Å². The number of likely N-dealkylation sites (tertiary alicyclic amines) is 1. The number of carbonyl (C=O) groups excluding carboxylic acids is 1. The molecular weight excluding hydrogens is 236 g/mol. The van der Waals surface area contributed by atoms with E-state index < -0.39 is 0 Å². The number of amides is 1. The minimum absolute atomic E-state index is 0.202. The van der Waals surface area contributed by atoms with Crippen molar-refractivity contribution >= 4 is 5.91 Å². The summed E-state index contributed by atoms with van der Waals surface area (Å²) >= 11 is 0. The lowest BCUT2D eigenvalue weighted by Gasteiger charge is -2.19. The first-order valence-electron chi connectivity index (χ1n) is 7.04. The van der Waals surface area contributed by atoms with E-state index in [1.165, 1.54) is 5.56 Å². The normalized spacial score (nSPS) is 18.9. The topological polar surface area (TPSA) is 32.3 Å². The van der Waals surface area contributed by atoms with Gasteiger partial charge in [-0.1, -0.05) is 17.7 Å². The molecule has 1 unspecified atom stereocenters. The zero-order valence-corrected chi connectivity index (χ0v) is 12.4. The number of aryl methyl sites for hydroxylation is 3. The summed E-state index contributed by atoms with van der Waals surface area (Å²) in [6, 6.07) is 4.20. The molecule has 0 radical (unpaired) electrons. The minimum Gasteiger partial charge on any atom is -0.338 e. The fourth-order valence-electron chi connectivity index (χ4n) is 3.15. The molecule has 0 spiro atoms. The predicted octanol–water partition coefficient (Wildman–Crippen LogP) is 2.29. The lowest BCUT2D eigenvalue weighted by Crippen LogP contribution is -2.31. The van der Waals surface area contributed by atoms with Gasteiger partial charge in [0.15, 0.2) is 0 Å². The maximum Gasteiger partial charge on any atom is 0.254 e. The molecule has 19 heavy (non-hydrogen) atoms. The van der Waals surface area contributed by atoms with Crippen LogP contribution in [0.15, 0.2) is 12.1 Å². The highest BCUT2D eigenvalue weighted by molar-refractivity contribution is 5.97. The molecule has 1 atom stereocenters. The van der Waals surface area contributed by atoms with Gasteiger partial charge in [-0.05, 0) is 57.8 Å². The van der Waals surface area contributed by atoms with Crippen molar-refractivity contribution in [1.29, 1.82) is 0 Å². The van der Waals surface area contributed by atoms with Crippen molar-refractivity contribution in [2.24, 2.45) is 5.92 Å². The third-order valence-electron chi connectivity index (χ3n) is 3.96. The van der Waals surface area contributed by atoms with Gasteiger partial charge in [-0.3, -0.25) is 4.79 Å². The number of nitrogens with one attached hydrogen (secondary N) is 1. The third-order valence-corrected chi connectivity index (χ3v) is 3.96. The molecule has 1 aromatic rings. The van der Waals surface area contributed by atoms with Gasteiger partial charge >= 0.3 is 0 Å². The number of hydrogen-bond acceptors (Lipinski definition) is 2. The Kier molecular flexibility index (Phi) is 4.25. The van der Waals surface area contributed by atoms with E-state index in [1.54, 1.807) is 0 Å². The van der Waals surface area contributed by atoms with Crippen molar-refractivity contribution in [2.75, 3.05) is 26.7 Å². The molecule has 1 heterocycles. The van der Waals surface area contributed by atoms with E-state index in [0.29, 0.717) is 5.92 Å². The number of nitrogens with zero attached hydrogens (tertiary/aromatic N) is 1. The van der Waals surface area contributed by atoms with Crippen LogP contribution in [0.4, 0.5) is 0 Å². The van der Waals surface area contributed by atoms with Crippen molar-refractivity contribution in [2.45, 2.75) is 27.2 Å². The molecule has 104 valence electrons. The molecular formula is C16H24N2O. The van der Waals surface area contributed by atoms with Crippen LogP contribution < -0.4 is 5.32 Å². The maximum atomic E-state index is 12.7. The summed E-state index contributed by atoms with van der Waals surface area (Å²) in [7, 11) is 1.97. The first-order valence-corrected chi connectivity index (χ1v) is 7.04. The summed E-state index contributed by atoms with van der Waals surface area (Å²) in [5, 5.41) is 3.20. The summed E-state index contributed by atoms with van der Waals surface area (Å²) in [5.74, 6) is 0.800. The second-order valence-electron chi connectivity index (χ2n) is 5.74. The Balaban J connectivity index is 2.17. The fraction of sp³-hybridized carbons (Fsp3) is 0.562. The van der Waals surface area contributed by atoms with Crippen LogP contribution >= 0.6 is 0 Å². The Hall–Kier alpha value is -1.35. The Labute approximate surface area is 116 Å². The van der Waals surface area contributed by atoms with Crippen molar-refractivity contribution in [1.82, 2.24) is 10.2 Å². The van der Waals surface area contributed by atoms with Gasteiger partial charge in [0, 0.05) is 18.7 Å². The molecule has 1 N–H and O–H groups in total. The van der Waals surface area contributed by atoms with E-state index in [9.17, 15) is 4.79 Å². The first kappa shape index (κ1) is 14.1. The van der Waals surface area contributed by atoms with Gasteiger partial charge in [0.05, 0.1) is 0 Å². The van der Waals surface area contributed by atoms with Gasteiger partial charge in [0.25, 0.3) is 5.91 Å². The molecule has 3 nitrogen and oxygen atoms in total. The summed E-state index contributed by atoms with van der Waals surface area (Å²) in [4.78, 5) is 14.7. The van der Waals surface area contributed by atoms with Crippen LogP contribution in [-0.2, 0) is 0 Å². The Morgan fingerprint density at radius 1 is 1.32 bits per heavy atom. The summed E-state index contributed by atoms with van der Waals surface area (Å²) in [6.45, 7) is 8.91. The summed E-state index contributed by atoms with van der Waals surface area (Å²) < 4.78 is 0. The van der Waals surface area contributed by atoms with Gasteiger partial charge in [-0.25, -0.2) is 0 Å². The van der Waals surface area contributed by atoms with Crippen molar-refractivity contribution < 1.29 is 4.79 Å². The van der Waals surface area contributed by atoms with Gasteiger partial charge in [-0.15, -0.1) is 0 Å². The van der Waals surface area contributed by atoms with E-state index in [-0.39, 0.29) is 5.91 Å². The first-order chi connectivity index (χ1) is 9.02. The Morgan fingerprint density at radius 2 is 1.95 bits per heavy atom. The van der Waals surface area contributed by atoms with Gasteiger partial charge < -0.3 is 10.2 Å². The molecule has 0 aromatic heterocycles. The van der Waals surface area contributed by atoms with E-state index in [0.717, 1.165) is 42.7 Å². The maximum absolute atomic E-state index is 12.7. The second-order valence-corrected chi connectivity index (χ2v) is 5.74. The molecule has 1 saturated heterocycles. The summed E-state index contributed by atoms with van der Waals surface area (Å²) in [5.41, 5.74) is 4.32. The molecule has 0 bridgehead atoms. The quantitative estimate of drug-likeness (QED) is 0.904. The average molecular weight is 260 g/mol. The van der Waals surface area contributed by atoms with Crippen molar-refractivity contribution in [3.05, 3.63) is 34.4 Å². The standard InChI is InChI=1S/C16H24N2O/c1-11-7-12(2)15(13(3)8-11)16(19)18-6-5-14(10-18)9-17-4/h7-8,14,17H,5-6,9-10H2,1-4H3. The van der Waals surface area contributed by atoms with Crippen LogP contribution in [0.25, 0.3) is 0 Å². The van der Waals surface area contributed by atoms with Crippen LogP contribution in [0.1, 0.15) is 33.5 Å². The Morgan fingerprint density at radius 3 is 2.53 bits per heavy atom. The second kappa shape index (κ2) is 5.74.